The van der Waals surface area contributed by atoms with Crippen molar-refractivity contribution in [1.29, 1.82) is 0 Å². The maximum absolute atomic E-state index is 13.2. The van der Waals surface area contributed by atoms with Gasteiger partial charge in [-0.1, -0.05) is 6.07 Å². The lowest BCUT2D eigenvalue weighted by atomic mass is 10.2. The summed E-state index contributed by atoms with van der Waals surface area (Å²) in [7, 11) is 0. The molecular formula is C9H7F2NO3. The normalized spacial score (nSPS) is 9.80. The van der Waals surface area contributed by atoms with Crippen LogP contribution in [0.5, 0.6) is 0 Å². The van der Waals surface area contributed by atoms with Crippen LogP contribution in [-0.4, -0.2) is 17.0 Å². The minimum absolute atomic E-state index is 0.108. The molecule has 0 radical (unpaired) electrons. The topological polar surface area (TPSA) is 66.4 Å². The number of carbonyl (C=O) groups excluding carboxylic acids is 1. The predicted molar refractivity (Wildman–Crippen MR) is 47.4 cm³/mol. The molecule has 4 nitrogen and oxygen atoms in total. The Morgan fingerprint density at radius 2 is 1.93 bits per heavy atom. The number of aryl methyl sites for hydroxylation is 1. The van der Waals surface area contributed by atoms with Crippen LogP contribution in [0.4, 0.5) is 14.5 Å². The zero-order valence-electron chi connectivity index (χ0n) is 7.67. The fraction of sp³-hybridized carbons (Fsp3) is 0.111. The van der Waals surface area contributed by atoms with E-state index < -0.39 is 29.2 Å². The second-order valence-electron chi connectivity index (χ2n) is 2.81. The Labute approximate surface area is 83.5 Å². The number of nitrogens with one attached hydrogen (secondary N) is 1. The SMILES string of the molecule is Cc1ccc(F)c(NC(=O)C(=O)O)c1F. The van der Waals surface area contributed by atoms with Crippen molar-refractivity contribution in [3.63, 3.8) is 0 Å². The highest BCUT2D eigenvalue weighted by Crippen LogP contribution is 2.21. The fourth-order valence-corrected chi connectivity index (χ4v) is 0.938. The van der Waals surface area contributed by atoms with Crippen molar-refractivity contribution < 1.29 is 23.5 Å². The van der Waals surface area contributed by atoms with E-state index in [1.54, 1.807) is 5.32 Å². The number of aliphatic carboxylic acids is 1. The van der Waals surface area contributed by atoms with Crippen molar-refractivity contribution in [2.75, 3.05) is 5.32 Å². The minimum atomic E-state index is -1.81. The van der Waals surface area contributed by atoms with E-state index in [1.165, 1.54) is 13.0 Å². The third kappa shape index (κ3) is 2.28. The van der Waals surface area contributed by atoms with E-state index in [2.05, 4.69) is 0 Å². The van der Waals surface area contributed by atoms with Gasteiger partial charge in [-0.3, -0.25) is 4.79 Å². The lowest BCUT2D eigenvalue weighted by molar-refractivity contribution is -0.147. The van der Waals surface area contributed by atoms with Gasteiger partial charge in [0.1, 0.15) is 11.5 Å². The quantitative estimate of drug-likeness (QED) is 0.694. The molecule has 1 aromatic rings. The smallest absolute Gasteiger partial charge is 0.394 e. The zero-order valence-corrected chi connectivity index (χ0v) is 7.67. The molecule has 0 saturated heterocycles. The fourth-order valence-electron chi connectivity index (χ4n) is 0.938. The summed E-state index contributed by atoms with van der Waals surface area (Å²) in [6, 6.07) is 2.12. The lowest BCUT2D eigenvalue weighted by Crippen LogP contribution is -2.23. The molecule has 6 heteroatoms. The Morgan fingerprint density at radius 1 is 1.33 bits per heavy atom. The highest BCUT2D eigenvalue weighted by atomic mass is 19.1. The molecule has 0 aliphatic heterocycles. The Hall–Kier alpha value is -1.98. The molecule has 0 aliphatic rings. The third-order valence-corrected chi connectivity index (χ3v) is 1.72. The van der Waals surface area contributed by atoms with Gasteiger partial charge >= 0.3 is 11.9 Å². The minimum Gasteiger partial charge on any atom is -0.474 e. The largest absolute Gasteiger partial charge is 0.474 e. The van der Waals surface area contributed by atoms with Gasteiger partial charge in [-0.15, -0.1) is 0 Å². The lowest BCUT2D eigenvalue weighted by Gasteiger charge is -2.06. The van der Waals surface area contributed by atoms with E-state index in [0.717, 1.165) is 6.07 Å². The maximum atomic E-state index is 13.2. The monoisotopic (exact) mass is 215 g/mol. The Kier molecular flexibility index (Phi) is 2.99. The first-order valence-corrected chi connectivity index (χ1v) is 3.92. The van der Waals surface area contributed by atoms with Crippen LogP contribution < -0.4 is 5.32 Å². The number of halogens is 2. The molecule has 0 heterocycles. The molecule has 0 atom stereocenters. The van der Waals surface area contributed by atoms with Gasteiger partial charge in [-0.25, -0.2) is 13.6 Å². The first-order valence-electron chi connectivity index (χ1n) is 3.92. The Balaban J connectivity index is 3.09. The first kappa shape index (κ1) is 11.1. The van der Waals surface area contributed by atoms with Crippen LogP contribution in [0.15, 0.2) is 12.1 Å². The van der Waals surface area contributed by atoms with Gasteiger partial charge in [0, 0.05) is 0 Å². The molecule has 0 aliphatic carbocycles. The average molecular weight is 215 g/mol. The van der Waals surface area contributed by atoms with E-state index in [4.69, 9.17) is 5.11 Å². The van der Waals surface area contributed by atoms with Crippen LogP contribution in [0.2, 0.25) is 0 Å². The van der Waals surface area contributed by atoms with Gasteiger partial charge in [0.25, 0.3) is 0 Å². The van der Waals surface area contributed by atoms with E-state index in [9.17, 15) is 18.4 Å². The van der Waals surface area contributed by atoms with Gasteiger partial charge in [0.15, 0.2) is 5.82 Å². The Bertz CT molecular complexity index is 432. The van der Waals surface area contributed by atoms with E-state index in [1.807, 2.05) is 0 Å². The number of benzene rings is 1. The summed E-state index contributed by atoms with van der Waals surface area (Å²) in [6.45, 7) is 1.37. The van der Waals surface area contributed by atoms with Gasteiger partial charge in [0.2, 0.25) is 0 Å². The number of amides is 1. The van der Waals surface area contributed by atoms with Crippen molar-refractivity contribution >= 4 is 17.6 Å². The van der Waals surface area contributed by atoms with Crippen LogP contribution in [0, 0.1) is 18.6 Å². The highest BCUT2D eigenvalue weighted by molar-refractivity contribution is 6.36. The zero-order chi connectivity index (χ0) is 11.6. The van der Waals surface area contributed by atoms with Crippen molar-refractivity contribution in [2.24, 2.45) is 0 Å². The summed E-state index contributed by atoms with van der Waals surface area (Å²) < 4.78 is 26.2. The average Bonchev–Trinajstić information content (AvgIpc) is 2.18. The molecular weight excluding hydrogens is 208 g/mol. The molecule has 1 aromatic carbocycles. The number of rotatable bonds is 1. The van der Waals surface area contributed by atoms with Crippen LogP contribution in [-0.2, 0) is 9.59 Å². The molecule has 0 bridgehead atoms. The number of hydrogen-bond donors (Lipinski definition) is 2. The number of carbonyl (C=O) groups is 2. The molecule has 0 spiro atoms. The molecule has 2 N–H and O–H groups in total. The Morgan fingerprint density at radius 3 is 2.47 bits per heavy atom. The van der Waals surface area contributed by atoms with Gasteiger partial charge in [-0.2, -0.15) is 0 Å². The van der Waals surface area contributed by atoms with Gasteiger partial charge < -0.3 is 10.4 Å². The summed E-state index contributed by atoms with van der Waals surface area (Å²) in [5.41, 5.74) is -0.639. The molecule has 1 rings (SSSR count). The molecule has 1 amide bonds. The number of carboxylic acids is 1. The second-order valence-corrected chi connectivity index (χ2v) is 2.81. The van der Waals surface area contributed by atoms with Crippen molar-refractivity contribution in [3.8, 4) is 0 Å². The highest BCUT2D eigenvalue weighted by Gasteiger charge is 2.18. The van der Waals surface area contributed by atoms with E-state index in [0.29, 0.717) is 0 Å². The number of hydrogen-bond acceptors (Lipinski definition) is 2. The summed E-state index contributed by atoms with van der Waals surface area (Å²) >= 11 is 0. The van der Waals surface area contributed by atoms with E-state index in [-0.39, 0.29) is 5.56 Å². The standard InChI is InChI=1S/C9H7F2NO3/c1-4-2-3-5(10)7(6(4)11)12-8(13)9(14)15/h2-3H,1H3,(H,12,13)(H,14,15). The molecule has 0 unspecified atom stereocenters. The molecule has 0 saturated carbocycles. The predicted octanol–water partition coefficient (Wildman–Crippen LogP) is 1.30. The van der Waals surface area contributed by atoms with Crippen LogP contribution in [0.1, 0.15) is 5.56 Å². The summed E-state index contributed by atoms with van der Waals surface area (Å²) in [4.78, 5) is 20.8. The summed E-state index contributed by atoms with van der Waals surface area (Å²) in [5, 5.41) is 9.87. The molecule has 80 valence electrons. The summed E-state index contributed by atoms with van der Waals surface area (Å²) in [6.07, 6.45) is 0. The second kappa shape index (κ2) is 4.04. The van der Waals surface area contributed by atoms with Gasteiger partial charge in [0.05, 0.1) is 0 Å². The molecule has 15 heavy (non-hydrogen) atoms. The van der Waals surface area contributed by atoms with Crippen LogP contribution in [0.3, 0.4) is 0 Å². The molecule has 0 fully saturated rings. The van der Waals surface area contributed by atoms with Gasteiger partial charge in [-0.05, 0) is 18.6 Å². The van der Waals surface area contributed by atoms with Crippen LogP contribution in [0.25, 0.3) is 0 Å². The number of carboxylic acid groups (broad SMARTS) is 1. The third-order valence-electron chi connectivity index (χ3n) is 1.72. The van der Waals surface area contributed by atoms with Crippen molar-refractivity contribution in [3.05, 3.63) is 29.3 Å². The molecule has 0 aromatic heterocycles. The number of anilines is 1. The van der Waals surface area contributed by atoms with Crippen LogP contribution >= 0.6 is 0 Å². The van der Waals surface area contributed by atoms with Crippen molar-refractivity contribution in [1.82, 2.24) is 0 Å². The van der Waals surface area contributed by atoms with Crippen molar-refractivity contribution in [2.45, 2.75) is 6.92 Å². The maximum Gasteiger partial charge on any atom is 0.394 e. The first-order chi connectivity index (χ1) is 6.93. The summed E-state index contributed by atoms with van der Waals surface area (Å²) in [5.74, 6) is -5.30. The van der Waals surface area contributed by atoms with E-state index >= 15 is 0 Å².